The molecule has 0 spiro atoms. The van der Waals surface area contributed by atoms with Gasteiger partial charge in [0.05, 0.1) is 5.92 Å². The molecule has 0 saturated carbocycles. The number of rotatable bonds is 3. The summed E-state index contributed by atoms with van der Waals surface area (Å²) in [7, 11) is 0. The molecular weight excluding hydrogens is 277 g/mol. The summed E-state index contributed by atoms with van der Waals surface area (Å²) < 4.78 is 42.0. The van der Waals surface area contributed by atoms with E-state index in [1.807, 2.05) is 0 Å². The number of alkyl halides is 3. The number of aryl methyl sites for hydroxylation is 1. The predicted molar refractivity (Wildman–Crippen MR) is 60.5 cm³/mol. The van der Waals surface area contributed by atoms with Crippen molar-refractivity contribution in [1.29, 1.82) is 0 Å². The molecule has 108 valence electrons. The van der Waals surface area contributed by atoms with E-state index in [2.05, 4.69) is 20.1 Å². The molecule has 0 aliphatic heterocycles. The van der Waals surface area contributed by atoms with E-state index < -0.39 is 18.2 Å². The second-order valence-electron chi connectivity index (χ2n) is 4.22. The van der Waals surface area contributed by atoms with Gasteiger partial charge >= 0.3 is 6.18 Å². The second-order valence-corrected chi connectivity index (χ2v) is 4.22. The Kier molecular flexibility index (Phi) is 3.71. The SMILES string of the molecule is Cc1nccc(-c2noc(C(C)C(O)C(F)(F)F)n2)n1. The number of nitrogens with zero attached hydrogens (tertiary/aromatic N) is 4. The number of aromatic nitrogens is 4. The van der Waals surface area contributed by atoms with E-state index >= 15 is 0 Å². The Morgan fingerprint density at radius 1 is 1.30 bits per heavy atom. The van der Waals surface area contributed by atoms with Gasteiger partial charge in [-0.25, -0.2) is 9.97 Å². The Bertz CT molecular complexity index is 599. The molecule has 0 aliphatic rings. The van der Waals surface area contributed by atoms with Gasteiger partial charge in [-0.2, -0.15) is 18.2 Å². The van der Waals surface area contributed by atoms with Crippen LogP contribution in [0.4, 0.5) is 13.2 Å². The zero-order chi connectivity index (χ0) is 14.9. The molecule has 0 fully saturated rings. The molecule has 2 aromatic heterocycles. The second kappa shape index (κ2) is 5.16. The van der Waals surface area contributed by atoms with Gasteiger partial charge in [0.15, 0.2) is 6.10 Å². The van der Waals surface area contributed by atoms with E-state index in [4.69, 9.17) is 9.63 Å². The highest BCUT2D eigenvalue weighted by Gasteiger charge is 2.44. The Morgan fingerprint density at radius 3 is 2.60 bits per heavy atom. The standard InChI is InChI=1S/C11H11F3N4O2/c1-5(8(19)11(12,13)14)10-17-9(18-20-10)7-3-4-15-6(2)16-7/h3-5,8,19H,1-2H3. The van der Waals surface area contributed by atoms with Crippen molar-refractivity contribution in [3.8, 4) is 11.5 Å². The maximum atomic E-state index is 12.4. The molecule has 0 amide bonds. The molecule has 2 atom stereocenters. The zero-order valence-corrected chi connectivity index (χ0v) is 10.6. The zero-order valence-electron chi connectivity index (χ0n) is 10.6. The maximum absolute atomic E-state index is 12.4. The molecule has 0 bridgehead atoms. The molecular formula is C11H11F3N4O2. The summed E-state index contributed by atoms with van der Waals surface area (Å²) in [6, 6.07) is 1.51. The molecule has 9 heteroatoms. The van der Waals surface area contributed by atoms with Crippen LogP contribution < -0.4 is 0 Å². The van der Waals surface area contributed by atoms with Gasteiger partial charge in [0.25, 0.3) is 0 Å². The van der Waals surface area contributed by atoms with Gasteiger partial charge in [-0.15, -0.1) is 0 Å². The fourth-order valence-electron chi connectivity index (χ4n) is 1.52. The van der Waals surface area contributed by atoms with Gasteiger partial charge in [0.2, 0.25) is 11.7 Å². The minimum Gasteiger partial charge on any atom is -0.383 e. The van der Waals surface area contributed by atoms with Crippen molar-refractivity contribution in [2.45, 2.75) is 32.0 Å². The van der Waals surface area contributed by atoms with Crippen molar-refractivity contribution in [3.05, 3.63) is 24.0 Å². The van der Waals surface area contributed by atoms with Gasteiger partial charge in [0, 0.05) is 6.20 Å². The van der Waals surface area contributed by atoms with E-state index in [1.165, 1.54) is 12.3 Å². The van der Waals surface area contributed by atoms with Crippen LogP contribution in [0.5, 0.6) is 0 Å². The third-order valence-electron chi connectivity index (χ3n) is 2.65. The molecule has 2 heterocycles. The molecule has 6 nitrogen and oxygen atoms in total. The highest BCUT2D eigenvalue weighted by molar-refractivity contribution is 5.47. The molecule has 0 aromatic carbocycles. The quantitative estimate of drug-likeness (QED) is 0.928. The summed E-state index contributed by atoms with van der Waals surface area (Å²) >= 11 is 0. The van der Waals surface area contributed by atoms with Gasteiger partial charge in [-0.3, -0.25) is 0 Å². The first-order valence-electron chi connectivity index (χ1n) is 5.67. The van der Waals surface area contributed by atoms with Crippen LogP contribution in [0.3, 0.4) is 0 Å². The summed E-state index contributed by atoms with van der Waals surface area (Å²) in [6.07, 6.45) is -5.84. The van der Waals surface area contributed by atoms with E-state index in [0.717, 1.165) is 6.92 Å². The van der Waals surface area contributed by atoms with Crippen LogP contribution in [0.1, 0.15) is 24.6 Å². The average Bonchev–Trinajstić information content (AvgIpc) is 2.85. The first-order valence-corrected chi connectivity index (χ1v) is 5.67. The van der Waals surface area contributed by atoms with Crippen LogP contribution in [-0.4, -0.2) is 37.5 Å². The summed E-state index contributed by atoms with van der Waals surface area (Å²) in [5.74, 6) is -1.15. The van der Waals surface area contributed by atoms with Crippen molar-refractivity contribution < 1.29 is 22.8 Å². The Hall–Kier alpha value is -2.03. The average molecular weight is 288 g/mol. The Balaban J connectivity index is 2.25. The summed E-state index contributed by atoms with van der Waals surface area (Å²) in [5, 5.41) is 12.7. The van der Waals surface area contributed by atoms with Crippen LogP contribution in [0.15, 0.2) is 16.8 Å². The van der Waals surface area contributed by atoms with Crippen molar-refractivity contribution >= 4 is 0 Å². The molecule has 1 N–H and O–H groups in total. The first-order chi connectivity index (χ1) is 9.29. The number of hydrogen-bond acceptors (Lipinski definition) is 6. The molecule has 0 aliphatic carbocycles. The maximum Gasteiger partial charge on any atom is 0.415 e. The number of halogens is 3. The highest BCUT2D eigenvalue weighted by Crippen LogP contribution is 2.31. The van der Waals surface area contributed by atoms with Crippen LogP contribution in [-0.2, 0) is 0 Å². The molecule has 2 rings (SSSR count). The molecule has 20 heavy (non-hydrogen) atoms. The van der Waals surface area contributed by atoms with Crippen molar-refractivity contribution in [2.75, 3.05) is 0 Å². The summed E-state index contributed by atoms with van der Waals surface area (Å²) in [6.45, 7) is 2.81. The number of aliphatic hydroxyl groups is 1. The van der Waals surface area contributed by atoms with Gasteiger partial charge in [0.1, 0.15) is 11.5 Å². The van der Waals surface area contributed by atoms with Crippen LogP contribution in [0.25, 0.3) is 11.5 Å². The molecule has 0 saturated heterocycles. The minimum absolute atomic E-state index is 0.0479. The Morgan fingerprint density at radius 2 is 2.00 bits per heavy atom. The highest BCUT2D eigenvalue weighted by atomic mass is 19.4. The third kappa shape index (κ3) is 2.93. The fourth-order valence-corrected chi connectivity index (χ4v) is 1.52. The van der Waals surface area contributed by atoms with Gasteiger partial charge in [-0.1, -0.05) is 12.1 Å². The smallest absolute Gasteiger partial charge is 0.383 e. The lowest BCUT2D eigenvalue weighted by molar-refractivity contribution is -0.210. The van der Waals surface area contributed by atoms with E-state index in [0.29, 0.717) is 11.5 Å². The topological polar surface area (TPSA) is 84.9 Å². The van der Waals surface area contributed by atoms with Crippen molar-refractivity contribution in [1.82, 2.24) is 20.1 Å². The summed E-state index contributed by atoms with van der Waals surface area (Å²) in [5.41, 5.74) is 0.334. The largest absolute Gasteiger partial charge is 0.415 e. The van der Waals surface area contributed by atoms with Gasteiger partial charge in [-0.05, 0) is 13.0 Å². The molecule has 0 radical (unpaired) electrons. The van der Waals surface area contributed by atoms with E-state index in [-0.39, 0.29) is 11.7 Å². The van der Waals surface area contributed by atoms with Crippen LogP contribution in [0.2, 0.25) is 0 Å². The normalized spacial score (nSPS) is 15.1. The lowest BCUT2D eigenvalue weighted by atomic mass is 10.1. The monoisotopic (exact) mass is 288 g/mol. The number of hydrogen-bond donors (Lipinski definition) is 1. The summed E-state index contributed by atoms with van der Waals surface area (Å²) in [4.78, 5) is 11.7. The Labute approximate surface area is 111 Å². The first kappa shape index (κ1) is 14.4. The van der Waals surface area contributed by atoms with Crippen LogP contribution in [0, 0.1) is 6.92 Å². The molecule has 2 aromatic rings. The fraction of sp³-hybridized carbons (Fsp3) is 0.455. The van der Waals surface area contributed by atoms with Crippen molar-refractivity contribution in [2.24, 2.45) is 0 Å². The third-order valence-corrected chi connectivity index (χ3v) is 2.65. The van der Waals surface area contributed by atoms with Gasteiger partial charge < -0.3 is 9.63 Å². The molecule has 2 unspecified atom stereocenters. The number of aliphatic hydroxyl groups excluding tert-OH is 1. The lowest BCUT2D eigenvalue weighted by Gasteiger charge is -2.17. The van der Waals surface area contributed by atoms with E-state index in [1.54, 1.807) is 6.92 Å². The van der Waals surface area contributed by atoms with Crippen LogP contribution >= 0.6 is 0 Å². The van der Waals surface area contributed by atoms with Crippen molar-refractivity contribution in [3.63, 3.8) is 0 Å². The van der Waals surface area contributed by atoms with E-state index in [9.17, 15) is 13.2 Å². The predicted octanol–water partition coefficient (Wildman–Crippen LogP) is 1.86. The lowest BCUT2D eigenvalue weighted by Crippen LogP contribution is -2.33. The minimum atomic E-state index is -4.75.